The van der Waals surface area contributed by atoms with Crippen molar-refractivity contribution in [1.82, 2.24) is 0 Å². The van der Waals surface area contributed by atoms with Gasteiger partial charge in [-0.05, 0) is 42.0 Å². The van der Waals surface area contributed by atoms with Gasteiger partial charge in [-0.1, -0.05) is 58.4 Å². The van der Waals surface area contributed by atoms with Crippen molar-refractivity contribution >= 4 is 39.1 Å². The highest BCUT2D eigenvalue weighted by Crippen LogP contribution is 2.42. The molecular weight excluding hydrogens is 437 g/mol. The van der Waals surface area contributed by atoms with Crippen LogP contribution in [0.3, 0.4) is 0 Å². The van der Waals surface area contributed by atoms with Gasteiger partial charge in [0.05, 0.1) is 11.6 Å². The van der Waals surface area contributed by atoms with E-state index in [1.54, 1.807) is 54.6 Å². The zero-order valence-electron chi connectivity index (χ0n) is 15.0. The number of rotatable bonds is 3. The Bertz CT molecular complexity index is 1110. The SMILES string of the molecule is O=C1C(=O)N(c2ccc(Br)cc2)C(c2ccc(F)cc2)/C1=C(/O)c1ccccc1. The first-order valence-corrected chi connectivity index (χ1v) is 9.64. The van der Waals surface area contributed by atoms with Gasteiger partial charge in [0.25, 0.3) is 11.7 Å². The van der Waals surface area contributed by atoms with E-state index >= 15 is 0 Å². The fraction of sp³-hybridized carbons (Fsp3) is 0.0435. The van der Waals surface area contributed by atoms with Gasteiger partial charge in [-0.3, -0.25) is 14.5 Å². The Balaban J connectivity index is 1.94. The summed E-state index contributed by atoms with van der Waals surface area (Å²) in [7, 11) is 0. The van der Waals surface area contributed by atoms with Gasteiger partial charge in [0, 0.05) is 15.7 Å². The Hall–Kier alpha value is -3.25. The Kier molecular flexibility index (Phi) is 5.03. The van der Waals surface area contributed by atoms with Gasteiger partial charge in [-0.2, -0.15) is 0 Å². The van der Waals surface area contributed by atoms with Gasteiger partial charge in [-0.25, -0.2) is 4.39 Å². The summed E-state index contributed by atoms with van der Waals surface area (Å²) < 4.78 is 14.3. The van der Waals surface area contributed by atoms with Crippen LogP contribution in [-0.4, -0.2) is 16.8 Å². The predicted molar refractivity (Wildman–Crippen MR) is 112 cm³/mol. The molecule has 6 heteroatoms. The Morgan fingerprint density at radius 2 is 1.52 bits per heavy atom. The molecule has 3 aromatic carbocycles. The average Bonchev–Trinajstić information content (AvgIpc) is 3.00. The number of aliphatic hydroxyl groups excluding tert-OH is 1. The first kappa shape index (κ1) is 19.1. The van der Waals surface area contributed by atoms with Crippen molar-refractivity contribution in [3.63, 3.8) is 0 Å². The van der Waals surface area contributed by atoms with Gasteiger partial charge >= 0.3 is 0 Å². The maximum atomic E-state index is 13.5. The lowest BCUT2D eigenvalue weighted by atomic mass is 9.95. The molecule has 1 saturated heterocycles. The van der Waals surface area contributed by atoms with Crippen molar-refractivity contribution in [2.24, 2.45) is 0 Å². The number of carbonyl (C=O) groups excluding carboxylic acids is 2. The molecule has 1 aliphatic rings. The molecule has 0 aliphatic carbocycles. The van der Waals surface area contributed by atoms with Gasteiger partial charge in [0.15, 0.2) is 0 Å². The first-order valence-electron chi connectivity index (χ1n) is 8.85. The summed E-state index contributed by atoms with van der Waals surface area (Å²) in [6.07, 6.45) is 0. The molecule has 1 fully saturated rings. The second-order valence-electron chi connectivity index (χ2n) is 6.56. The fourth-order valence-electron chi connectivity index (χ4n) is 3.41. The third-order valence-electron chi connectivity index (χ3n) is 4.78. The number of halogens is 2. The summed E-state index contributed by atoms with van der Waals surface area (Å²) in [6, 6.07) is 20.1. The largest absolute Gasteiger partial charge is 0.507 e. The fourth-order valence-corrected chi connectivity index (χ4v) is 3.68. The van der Waals surface area contributed by atoms with E-state index in [0.717, 1.165) is 4.47 Å². The molecule has 1 atom stereocenters. The van der Waals surface area contributed by atoms with E-state index in [0.29, 0.717) is 16.8 Å². The van der Waals surface area contributed by atoms with Crippen molar-refractivity contribution in [2.45, 2.75) is 6.04 Å². The minimum Gasteiger partial charge on any atom is -0.507 e. The maximum absolute atomic E-state index is 13.5. The van der Waals surface area contributed by atoms with E-state index in [1.807, 2.05) is 0 Å². The summed E-state index contributed by atoms with van der Waals surface area (Å²) >= 11 is 3.35. The summed E-state index contributed by atoms with van der Waals surface area (Å²) in [6.45, 7) is 0. The minimum atomic E-state index is -0.878. The van der Waals surface area contributed by atoms with Crippen LogP contribution in [0.15, 0.2) is 88.9 Å². The normalized spacial score (nSPS) is 18.3. The zero-order valence-corrected chi connectivity index (χ0v) is 16.6. The quantitative estimate of drug-likeness (QED) is 0.337. The van der Waals surface area contributed by atoms with Crippen LogP contribution in [-0.2, 0) is 9.59 Å². The molecule has 0 radical (unpaired) electrons. The molecule has 144 valence electrons. The molecule has 29 heavy (non-hydrogen) atoms. The third kappa shape index (κ3) is 3.47. The molecule has 1 N–H and O–H groups in total. The molecule has 1 aliphatic heterocycles. The van der Waals surface area contributed by atoms with Crippen LogP contribution in [0.4, 0.5) is 10.1 Å². The van der Waals surface area contributed by atoms with Crippen LogP contribution in [0, 0.1) is 5.82 Å². The number of carbonyl (C=O) groups is 2. The predicted octanol–water partition coefficient (Wildman–Crippen LogP) is 5.21. The average molecular weight is 452 g/mol. The van der Waals surface area contributed by atoms with Gasteiger partial charge in [0.2, 0.25) is 0 Å². The molecule has 1 amide bonds. The second-order valence-corrected chi connectivity index (χ2v) is 7.48. The number of aliphatic hydroxyl groups is 1. The number of hydrogen-bond donors (Lipinski definition) is 1. The van der Waals surface area contributed by atoms with Crippen LogP contribution in [0.1, 0.15) is 17.2 Å². The number of anilines is 1. The first-order chi connectivity index (χ1) is 14.0. The molecule has 1 unspecified atom stereocenters. The van der Waals surface area contributed by atoms with E-state index in [4.69, 9.17) is 0 Å². The molecule has 3 aromatic rings. The van der Waals surface area contributed by atoms with Crippen LogP contribution in [0.2, 0.25) is 0 Å². The van der Waals surface area contributed by atoms with Crippen LogP contribution >= 0.6 is 15.9 Å². The summed E-state index contributed by atoms with van der Waals surface area (Å²) in [5.74, 6) is -2.24. The van der Waals surface area contributed by atoms with E-state index in [1.165, 1.54) is 29.2 Å². The van der Waals surface area contributed by atoms with Crippen LogP contribution in [0.25, 0.3) is 5.76 Å². The van der Waals surface area contributed by atoms with Gasteiger partial charge < -0.3 is 5.11 Å². The van der Waals surface area contributed by atoms with Crippen LogP contribution in [0.5, 0.6) is 0 Å². The van der Waals surface area contributed by atoms with Crippen molar-refractivity contribution in [1.29, 1.82) is 0 Å². The Morgan fingerprint density at radius 1 is 0.897 bits per heavy atom. The maximum Gasteiger partial charge on any atom is 0.300 e. The van der Waals surface area contributed by atoms with Crippen LogP contribution < -0.4 is 4.90 Å². The summed E-state index contributed by atoms with van der Waals surface area (Å²) in [5.41, 5.74) is 1.41. The zero-order chi connectivity index (χ0) is 20.5. The number of Topliss-reactive ketones (excluding diaryl/α,β-unsaturated/α-hetero) is 1. The number of benzene rings is 3. The van der Waals surface area contributed by atoms with E-state index in [2.05, 4.69) is 15.9 Å². The monoisotopic (exact) mass is 451 g/mol. The summed E-state index contributed by atoms with van der Waals surface area (Å²) in [4.78, 5) is 27.2. The number of hydrogen-bond acceptors (Lipinski definition) is 3. The number of ketones is 1. The van der Waals surface area contributed by atoms with Crippen molar-refractivity contribution in [3.05, 3.63) is 106 Å². The molecule has 4 rings (SSSR count). The molecule has 0 spiro atoms. The lowest BCUT2D eigenvalue weighted by Gasteiger charge is -2.25. The second kappa shape index (κ2) is 7.64. The van der Waals surface area contributed by atoms with E-state index < -0.39 is 23.5 Å². The molecule has 0 aromatic heterocycles. The van der Waals surface area contributed by atoms with Crippen molar-refractivity contribution in [2.75, 3.05) is 4.90 Å². The topological polar surface area (TPSA) is 57.6 Å². The number of nitrogens with zero attached hydrogens (tertiary/aromatic N) is 1. The molecular formula is C23H15BrFNO3. The molecule has 1 heterocycles. The van der Waals surface area contributed by atoms with Gasteiger partial charge in [0.1, 0.15) is 11.6 Å². The van der Waals surface area contributed by atoms with Gasteiger partial charge in [-0.15, -0.1) is 0 Å². The molecule has 4 nitrogen and oxygen atoms in total. The van der Waals surface area contributed by atoms with E-state index in [9.17, 15) is 19.1 Å². The lowest BCUT2D eigenvalue weighted by molar-refractivity contribution is -0.132. The standard InChI is InChI=1S/C23H15BrFNO3/c24-16-8-12-18(13-9-16)26-20(14-6-10-17(25)11-7-14)19(22(28)23(26)29)21(27)15-4-2-1-3-5-15/h1-13,20,27H/b21-19-. The Labute approximate surface area is 175 Å². The highest BCUT2D eigenvalue weighted by Gasteiger charge is 2.46. The number of amides is 1. The minimum absolute atomic E-state index is 0.0317. The van der Waals surface area contributed by atoms with Crippen molar-refractivity contribution in [3.8, 4) is 0 Å². The molecule has 0 bridgehead atoms. The summed E-state index contributed by atoms with van der Waals surface area (Å²) in [5, 5.41) is 10.9. The third-order valence-corrected chi connectivity index (χ3v) is 5.31. The molecule has 0 saturated carbocycles. The van der Waals surface area contributed by atoms with E-state index in [-0.39, 0.29) is 11.3 Å². The smallest absolute Gasteiger partial charge is 0.300 e. The van der Waals surface area contributed by atoms with Crippen molar-refractivity contribution < 1.29 is 19.1 Å². The highest BCUT2D eigenvalue weighted by molar-refractivity contribution is 9.10. The highest BCUT2D eigenvalue weighted by atomic mass is 79.9. The lowest BCUT2D eigenvalue weighted by Crippen LogP contribution is -2.29. The Morgan fingerprint density at radius 3 is 2.14 bits per heavy atom.